The van der Waals surface area contributed by atoms with Gasteiger partial charge >= 0.3 is 5.97 Å². The second-order valence-electron chi connectivity index (χ2n) is 10.1. The van der Waals surface area contributed by atoms with Crippen LogP contribution in [0, 0.1) is 23.6 Å². The molecule has 0 spiro atoms. The fourth-order valence-corrected chi connectivity index (χ4v) is 6.74. The molecule has 0 aromatic heterocycles. The van der Waals surface area contributed by atoms with Crippen molar-refractivity contribution in [2.45, 2.75) is 44.4 Å². The number of Topliss-reactive ketones (excluding diaryl/α,β-unsaturated/α-hetero) is 1. The van der Waals surface area contributed by atoms with Crippen molar-refractivity contribution >= 4 is 45.3 Å². The van der Waals surface area contributed by atoms with Crippen LogP contribution in [-0.4, -0.2) is 51.0 Å². The Balaban J connectivity index is 1.50. The second kappa shape index (κ2) is 10.1. The number of halogens is 2. The van der Waals surface area contributed by atoms with E-state index in [4.69, 9.17) is 5.11 Å². The summed E-state index contributed by atoms with van der Waals surface area (Å²) in [5.41, 5.74) is 1.56. The maximum Gasteiger partial charge on any atom is 0.303 e. The third-order valence-electron chi connectivity index (χ3n) is 8.00. The van der Waals surface area contributed by atoms with Crippen LogP contribution in [0.4, 0.5) is 4.39 Å². The zero-order valence-corrected chi connectivity index (χ0v) is 21.9. The van der Waals surface area contributed by atoms with E-state index < -0.39 is 41.2 Å². The first-order chi connectivity index (χ1) is 18.1. The number of ketones is 2. The van der Waals surface area contributed by atoms with Crippen LogP contribution in [0.1, 0.15) is 50.0 Å². The number of amides is 2. The number of allylic oxidation sites excluding steroid dienone is 6. The number of phenols is 1. The third-order valence-corrected chi connectivity index (χ3v) is 8.59. The van der Waals surface area contributed by atoms with Gasteiger partial charge in [0.15, 0.2) is 23.1 Å². The quantitative estimate of drug-likeness (QED) is 0.214. The average Bonchev–Trinajstić information content (AvgIpc) is 3.12. The highest BCUT2D eigenvalue weighted by atomic mass is 79.9. The maximum absolute atomic E-state index is 14.4. The number of unbranched alkanes of at least 4 members (excludes halogenated alkanes) is 2. The molecule has 2 amide bonds. The molecule has 10 heteroatoms. The van der Waals surface area contributed by atoms with Gasteiger partial charge in [-0.2, -0.15) is 0 Å². The van der Waals surface area contributed by atoms with Gasteiger partial charge in [-0.25, -0.2) is 4.39 Å². The number of fused-ring (bicyclic) bond motifs is 3. The zero-order valence-electron chi connectivity index (χ0n) is 20.3. The van der Waals surface area contributed by atoms with Crippen molar-refractivity contribution in [3.05, 3.63) is 62.9 Å². The predicted octanol–water partition coefficient (Wildman–Crippen LogP) is 3.94. The molecule has 1 aromatic carbocycles. The fraction of sp³-hybridized carbons (Fsp3) is 0.393. The molecule has 0 saturated carbocycles. The van der Waals surface area contributed by atoms with Crippen LogP contribution in [0.3, 0.4) is 0 Å². The summed E-state index contributed by atoms with van der Waals surface area (Å²) in [6, 6.07) is 3.83. The first-order valence-electron chi connectivity index (χ1n) is 12.5. The summed E-state index contributed by atoms with van der Waals surface area (Å²) < 4.78 is 14.5. The van der Waals surface area contributed by atoms with Gasteiger partial charge < -0.3 is 10.2 Å². The van der Waals surface area contributed by atoms with Gasteiger partial charge in [0.1, 0.15) is 0 Å². The Hall–Kier alpha value is -3.40. The highest BCUT2D eigenvalue weighted by molar-refractivity contribution is 9.12. The molecule has 4 unspecified atom stereocenters. The van der Waals surface area contributed by atoms with Crippen molar-refractivity contribution in [2.24, 2.45) is 17.8 Å². The van der Waals surface area contributed by atoms with Crippen LogP contribution in [0.15, 0.2) is 51.6 Å². The Morgan fingerprint density at radius 3 is 2.55 bits per heavy atom. The molecule has 1 aromatic rings. The number of imide groups is 1. The Morgan fingerprint density at radius 2 is 1.84 bits per heavy atom. The summed E-state index contributed by atoms with van der Waals surface area (Å²) >= 11 is 3.16. The Bertz CT molecular complexity index is 1380. The Labute approximate surface area is 226 Å². The molecule has 38 heavy (non-hydrogen) atoms. The molecule has 3 aliphatic carbocycles. The van der Waals surface area contributed by atoms with E-state index in [1.165, 1.54) is 23.1 Å². The maximum atomic E-state index is 14.4. The lowest BCUT2D eigenvalue weighted by atomic mass is 9.59. The number of nitrogens with zero attached hydrogens (tertiary/aromatic N) is 1. The van der Waals surface area contributed by atoms with Crippen LogP contribution in [0.25, 0.3) is 0 Å². The van der Waals surface area contributed by atoms with Gasteiger partial charge in [-0.1, -0.05) is 24.1 Å². The van der Waals surface area contributed by atoms with Crippen LogP contribution in [0.2, 0.25) is 0 Å². The summed E-state index contributed by atoms with van der Waals surface area (Å²) in [7, 11) is 0. The topological polar surface area (TPSA) is 129 Å². The Morgan fingerprint density at radius 1 is 1.08 bits per heavy atom. The number of likely N-dealkylation sites (tertiary alicyclic amines) is 1. The number of phenolic OH excluding ortho intramolecular Hbond substituents is 1. The second-order valence-corrected chi connectivity index (χ2v) is 11.0. The summed E-state index contributed by atoms with van der Waals surface area (Å²) in [4.78, 5) is 65.1. The molecule has 0 bridgehead atoms. The zero-order chi connectivity index (χ0) is 27.3. The molecule has 4 aliphatic rings. The lowest BCUT2D eigenvalue weighted by molar-refractivity contribution is -0.141. The van der Waals surface area contributed by atoms with Crippen LogP contribution >= 0.6 is 15.9 Å². The van der Waals surface area contributed by atoms with Gasteiger partial charge in [0.25, 0.3) is 0 Å². The predicted molar refractivity (Wildman–Crippen MR) is 135 cm³/mol. The average molecular weight is 586 g/mol. The van der Waals surface area contributed by atoms with E-state index in [-0.39, 0.29) is 64.8 Å². The summed E-state index contributed by atoms with van der Waals surface area (Å²) in [5.74, 6) is -6.32. The van der Waals surface area contributed by atoms with E-state index >= 15 is 0 Å². The highest BCUT2D eigenvalue weighted by Gasteiger charge is 2.56. The van der Waals surface area contributed by atoms with E-state index in [1.807, 2.05) is 6.08 Å². The highest BCUT2D eigenvalue weighted by Crippen LogP contribution is 2.55. The molecule has 1 fully saturated rings. The molecule has 1 aliphatic heterocycles. The number of benzene rings is 1. The van der Waals surface area contributed by atoms with Gasteiger partial charge in [0, 0.05) is 36.1 Å². The SMILES string of the molecule is O=C(O)CCCCCN1C(=O)C2CC=C3C(c4ccc(O)c(F)c4)C4=C(CC3C2C1=O)C(=O)C(Br)=CC4=O. The van der Waals surface area contributed by atoms with E-state index in [0.29, 0.717) is 30.4 Å². The first kappa shape index (κ1) is 26.2. The van der Waals surface area contributed by atoms with Crippen molar-refractivity contribution < 1.29 is 38.6 Å². The van der Waals surface area contributed by atoms with E-state index in [0.717, 1.165) is 6.07 Å². The van der Waals surface area contributed by atoms with Crippen LogP contribution < -0.4 is 0 Å². The summed E-state index contributed by atoms with van der Waals surface area (Å²) in [6.45, 7) is 0.193. The molecule has 0 radical (unpaired) electrons. The number of rotatable bonds is 7. The van der Waals surface area contributed by atoms with Gasteiger partial charge in [-0.15, -0.1) is 0 Å². The molecular formula is C28H25BrFNO7. The number of carboxylic acids is 1. The first-order valence-corrected chi connectivity index (χ1v) is 13.3. The Kier molecular flexibility index (Phi) is 6.94. The largest absolute Gasteiger partial charge is 0.505 e. The van der Waals surface area contributed by atoms with Crippen molar-refractivity contribution in [2.75, 3.05) is 6.54 Å². The number of aliphatic carboxylic acids is 1. The molecule has 4 atom stereocenters. The molecule has 2 N–H and O–H groups in total. The third kappa shape index (κ3) is 4.34. The minimum Gasteiger partial charge on any atom is -0.505 e. The molecule has 8 nitrogen and oxygen atoms in total. The number of hydrogen-bond donors (Lipinski definition) is 2. The lowest BCUT2D eigenvalue weighted by Crippen LogP contribution is -2.39. The number of carbonyl (C=O) groups excluding carboxylic acids is 4. The smallest absolute Gasteiger partial charge is 0.303 e. The number of carbonyl (C=O) groups is 5. The van der Waals surface area contributed by atoms with Gasteiger partial charge in [-0.3, -0.25) is 28.9 Å². The van der Waals surface area contributed by atoms with Crippen molar-refractivity contribution in [3.8, 4) is 5.75 Å². The number of carboxylic acid groups (broad SMARTS) is 1. The number of hydrogen-bond acceptors (Lipinski definition) is 6. The van der Waals surface area contributed by atoms with Crippen molar-refractivity contribution in [1.29, 1.82) is 0 Å². The summed E-state index contributed by atoms with van der Waals surface area (Å²) in [6.07, 6.45) is 4.96. The lowest BCUT2D eigenvalue weighted by Gasteiger charge is -2.42. The molecule has 198 valence electrons. The molecule has 5 rings (SSSR count). The minimum absolute atomic E-state index is 0.0237. The van der Waals surface area contributed by atoms with Crippen LogP contribution in [0.5, 0.6) is 5.75 Å². The van der Waals surface area contributed by atoms with E-state index in [1.54, 1.807) is 0 Å². The van der Waals surface area contributed by atoms with Crippen LogP contribution in [-0.2, 0) is 24.0 Å². The normalized spacial score (nSPS) is 26.6. The minimum atomic E-state index is -0.894. The molecule has 1 saturated heterocycles. The molecule has 1 heterocycles. The monoisotopic (exact) mass is 585 g/mol. The number of aromatic hydroxyl groups is 1. The standard InChI is InChI=1S/C28H25BrFNO7/c29-18-12-21(33)25-17(26(18)36)11-16-14(23(25)13-5-8-20(32)19(30)10-13)6-7-15-24(16)28(38)31(27(15)37)9-3-1-2-4-22(34)35/h5-6,8,10,12,15-16,23-24,32H,1-4,7,9,11H2,(H,34,35). The van der Waals surface area contributed by atoms with Crippen molar-refractivity contribution in [3.63, 3.8) is 0 Å². The van der Waals surface area contributed by atoms with Gasteiger partial charge in [0.05, 0.1) is 16.3 Å². The van der Waals surface area contributed by atoms with E-state index in [2.05, 4.69) is 15.9 Å². The molecular weight excluding hydrogens is 561 g/mol. The van der Waals surface area contributed by atoms with Gasteiger partial charge in [-0.05, 0) is 65.2 Å². The summed E-state index contributed by atoms with van der Waals surface area (Å²) in [5, 5.41) is 18.5. The van der Waals surface area contributed by atoms with Crippen molar-refractivity contribution in [1.82, 2.24) is 4.90 Å². The fourth-order valence-electron chi connectivity index (χ4n) is 6.30. The van der Waals surface area contributed by atoms with E-state index in [9.17, 15) is 33.5 Å². The van der Waals surface area contributed by atoms with Gasteiger partial charge in [0.2, 0.25) is 11.8 Å².